The molecule has 0 aliphatic rings. The molecule has 0 saturated carbocycles. The van der Waals surface area contributed by atoms with Crippen LogP contribution in [0.5, 0.6) is 5.75 Å². The first kappa shape index (κ1) is 15.1. The predicted octanol–water partition coefficient (Wildman–Crippen LogP) is 4.26. The van der Waals surface area contributed by atoms with Gasteiger partial charge in [0.1, 0.15) is 5.75 Å². The molecule has 0 atom stereocenters. The highest BCUT2D eigenvalue weighted by molar-refractivity contribution is 6.30. The molecule has 3 nitrogen and oxygen atoms in total. The van der Waals surface area contributed by atoms with E-state index in [-0.39, 0.29) is 0 Å². The molecule has 108 valence electrons. The molecule has 0 radical (unpaired) electrons. The van der Waals surface area contributed by atoms with Crippen LogP contribution >= 0.6 is 11.6 Å². The maximum Gasteiger partial charge on any atom is 0.328 e. The maximum atomic E-state index is 11.1. The first-order valence-electron chi connectivity index (χ1n) is 6.54. The van der Waals surface area contributed by atoms with E-state index in [1.54, 1.807) is 24.3 Å². The third kappa shape index (κ3) is 4.10. The van der Waals surface area contributed by atoms with Crippen LogP contribution in [0.2, 0.25) is 5.02 Å². The van der Waals surface area contributed by atoms with Gasteiger partial charge in [0.25, 0.3) is 0 Å². The van der Waals surface area contributed by atoms with Crippen LogP contribution in [-0.4, -0.2) is 17.7 Å². The average Bonchev–Trinajstić information content (AvgIpc) is 2.47. The highest BCUT2D eigenvalue weighted by atomic mass is 35.5. The van der Waals surface area contributed by atoms with Gasteiger partial charge in [-0.1, -0.05) is 35.9 Å². The smallest absolute Gasteiger partial charge is 0.328 e. The molecular weight excluding hydrogens is 288 g/mol. The van der Waals surface area contributed by atoms with Crippen LogP contribution in [0, 0.1) is 0 Å². The fourth-order valence-electron chi connectivity index (χ4n) is 1.98. The van der Waals surface area contributed by atoms with E-state index in [1.165, 1.54) is 6.08 Å². The van der Waals surface area contributed by atoms with E-state index in [9.17, 15) is 4.79 Å². The fourth-order valence-corrected chi connectivity index (χ4v) is 2.11. The van der Waals surface area contributed by atoms with Gasteiger partial charge in [-0.3, -0.25) is 0 Å². The minimum absolute atomic E-state index is 0.592. The number of hydrogen-bond donors (Lipinski definition) is 1. The second kappa shape index (κ2) is 6.95. The zero-order valence-corrected chi connectivity index (χ0v) is 12.3. The maximum absolute atomic E-state index is 11.1. The molecule has 0 amide bonds. The van der Waals surface area contributed by atoms with E-state index in [0.29, 0.717) is 17.2 Å². The van der Waals surface area contributed by atoms with Crippen LogP contribution < -0.4 is 4.74 Å². The second-order valence-electron chi connectivity index (χ2n) is 4.36. The Morgan fingerprint density at radius 3 is 2.10 bits per heavy atom. The summed E-state index contributed by atoms with van der Waals surface area (Å²) in [6.45, 7) is 2.51. The Hall–Kier alpha value is -2.26. The van der Waals surface area contributed by atoms with Gasteiger partial charge in [0, 0.05) is 11.1 Å². The molecule has 0 saturated heterocycles. The number of aliphatic carboxylic acids is 1. The molecule has 21 heavy (non-hydrogen) atoms. The standard InChI is InChI=1S/C17H15ClO3/c1-2-21-15-9-5-13(6-10-15)16(11-17(19)20)12-3-7-14(18)8-4-12/h3-11H,2H2,1H3,(H,19,20). The molecule has 2 rings (SSSR count). The Morgan fingerprint density at radius 1 is 1.10 bits per heavy atom. The number of hydrogen-bond acceptors (Lipinski definition) is 2. The van der Waals surface area contributed by atoms with Crippen molar-refractivity contribution < 1.29 is 14.6 Å². The van der Waals surface area contributed by atoms with Gasteiger partial charge in [-0.05, 0) is 47.9 Å². The molecule has 0 spiro atoms. The van der Waals surface area contributed by atoms with Crippen LogP contribution in [0.15, 0.2) is 54.6 Å². The monoisotopic (exact) mass is 302 g/mol. The first-order valence-corrected chi connectivity index (χ1v) is 6.91. The lowest BCUT2D eigenvalue weighted by Crippen LogP contribution is -1.96. The summed E-state index contributed by atoms with van der Waals surface area (Å²) < 4.78 is 5.39. The van der Waals surface area contributed by atoms with Crippen LogP contribution in [0.25, 0.3) is 5.57 Å². The molecule has 1 N–H and O–H groups in total. The Morgan fingerprint density at radius 2 is 1.62 bits per heavy atom. The summed E-state index contributed by atoms with van der Waals surface area (Å²) in [5.74, 6) is -0.235. The van der Waals surface area contributed by atoms with Crippen molar-refractivity contribution in [3.8, 4) is 5.75 Å². The van der Waals surface area contributed by atoms with Gasteiger partial charge < -0.3 is 9.84 Å². The summed E-state index contributed by atoms with van der Waals surface area (Å²) in [7, 11) is 0. The molecule has 0 unspecified atom stereocenters. The third-order valence-electron chi connectivity index (χ3n) is 2.90. The van der Waals surface area contributed by atoms with Crippen molar-refractivity contribution >= 4 is 23.1 Å². The summed E-state index contributed by atoms with van der Waals surface area (Å²) in [6.07, 6.45) is 1.19. The number of carboxylic acid groups (broad SMARTS) is 1. The summed E-state index contributed by atoms with van der Waals surface area (Å²) >= 11 is 5.87. The predicted molar refractivity (Wildman–Crippen MR) is 83.8 cm³/mol. The van der Waals surface area contributed by atoms with E-state index < -0.39 is 5.97 Å². The minimum atomic E-state index is -0.992. The zero-order valence-electron chi connectivity index (χ0n) is 11.5. The van der Waals surface area contributed by atoms with Crippen molar-refractivity contribution in [2.75, 3.05) is 6.61 Å². The molecule has 0 aromatic heterocycles. The van der Waals surface area contributed by atoms with E-state index in [4.69, 9.17) is 21.4 Å². The van der Waals surface area contributed by atoms with Gasteiger partial charge >= 0.3 is 5.97 Å². The van der Waals surface area contributed by atoms with Crippen molar-refractivity contribution in [1.29, 1.82) is 0 Å². The molecular formula is C17H15ClO3. The van der Waals surface area contributed by atoms with Gasteiger partial charge in [0.2, 0.25) is 0 Å². The Kier molecular flexibility index (Phi) is 5.01. The van der Waals surface area contributed by atoms with E-state index >= 15 is 0 Å². The number of halogens is 1. The molecule has 4 heteroatoms. The molecule has 2 aromatic rings. The van der Waals surface area contributed by atoms with Crippen molar-refractivity contribution in [3.05, 3.63) is 70.8 Å². The lowest BCUT2D eigenvalue weighted by Gasteiger charge is -2.09. The van der Waals surface area contributed by atoms with Crippen molar-refractivity contribution in [3.63, 3.8) is 0 Å². The van der Waals surface area contributed by atoms with Crippen molar-refractivity contribution in [2.45, 2.75) is 6.92 Å². The Bertz CT molecular complexity index is 643. The second-order valence-corrected chi connectivity index (χ2v) is 4.80. The quantitative estimate of drug-likeness (QED) is 0.840. The lowest BCUT2D eigenvalue weighted by molar-refractivity contribution is -0.131. The van der Waals surface area contributed by atoms with Gasteiger partial charge in [0.15, 0.2) is 0 Å². The number of rotatable bonds is 5. The lowest BCUT2D eigenvalue weighted by atomic mass is 9.97. The molecule has 2 aromatic carbocycles. The average molecular weight is 303 g/mol. The van der Waals surface area contributed by atoms with Crippen LogP contribution in [0.4, 0.5) is 0 Å². The third-order valence-corrected chi connectivity index (χ3v) is 3.15. The summed E-state index contributed by atoms with van der Waals surface area (Å²) in [5.41, 5.74) is 2.23. The van der Waals surface area contributed by atoms with Crippen LogP contribution in [-0.2, 0) is 4.79 Å². The van der Waals surface area contributed by atoms with Gasteiger partial charge in [-0.15, -0.1) is 0 Å². The summed E-state index contributed by atoms with van der Waals surface area (Å²) in [5, 5.41) is 9.68. The van der Waals surface area contributed by atoms with Gasteiger partial charge in [-0.25, -0.2) is 4.79 Å². The number of carbonyl (C=O) groups is 1. The molecule has 0 bridgehead atoms. The number of carboxylic acids is 1. The Labute approximate surface area is 128 Å². The summed E-state index contributed by atoms with van der Waals surface area (Å²) in [6, 6.07) is 14.4. The fraction of sp³-hybridized carbons (Fsp3) is 0.118. The topological polar surface area (TPSA) is 46.5 Å². The van der Waals surface area contributed by atoms with Gasteiger partial charge in [-0.2, -0.15) is 0 Å². The summed E-state index contributed by atoms with van der Waals surface area (Å²) in [4.78, 5) is 11.1. The highest BCUT2D eigenvalue weighted by Crippen LogP contribution is 2.26. The van der Waals surface area contributed by atoms with E-state index in [2.05, 4.69) is 0 Å². The SMILES string of the molecule is CCOc1ccc(C(=CC(=O)O)c2ccc(Cl)cc2)cc1. The van der Waals surface area contributed by atoms with E-state index in [0.717, 1.165) is 16.9 Å². The largest absolute Gasteiger partial charge is 0.494 e. The molecule has 0 heterocycles. The molecule has 0 aliphatic carbocycles. The van der Waals surface area contributed by atoms with Crippen LogP contribution in [0.1, 0.15) is 18.1 Å². The normalized spacial score (nSPS) is 11.2. The minimum Gasteiger partial charge on any atom is -0.494 e. The molecule has 0 aliphatic heterocycles. The van der Waals surface area contributed by atoms with Crippen molar-refractivity contribution in [1.82, 2.24) is 0 Å². The van der Waals surface area contributed by atoms with Crippen molar-refractivity contribution in [2.24, 2.45) is 0 Å². The van der Waals surface area contributed by atoms with Crippen LogP contribution in [0.3, 0.4) is 0 Å². The molecule has 0 fully saturated rings. The number of benzene rings is 2. The zero-order chi connectivity index (χ0) is 15.2. The first-order chi connectivity index (χ1) is 10.1. The number of ether oxygens (including phenoxy) is 1. The van der Waals surface area contributed by atoms with E-state index in [1.807, 2.05) is 31.2 Å². The van der Waals surface area contributed by atoms with Gasteiger partial charge in [0.05, 0.1) is 6.61 Å². The highest BCUT2D eigenvalue weighted by Gasteiger charge is 2.08. The Balaban J connectivity index is 2.41.